The summed E-state index contributed by atoms with van der Waals surface area (Å²) in [5.41, 5.74) is 1.59. The number of amides is 1. The van der Waals surface area contributed by atoms with Crippen LogP contribution < -0.4 is 5.56 Å². The number of aromatic nitrogens is 4. The highest BCUT2D eigenvalue weighted by atomic mass is 19.3. The lowest BCUT2D eigenvalue weighted by Gasteiger charge is -2.27. The lowest BCUT2D eigenvalue weighted by molar-refractivity contribution is 0.0721. The summed E-state index contributed by atoms with van der Waals surface area (Å²) in [6, 6.07) is 11.2. The van der Waals surface area contributed by atoms with Crippen LogP contribution in [0.4, 0.5) is 8.78 Å². The van der Waals surface area contributed by atoms with Crippen LogP contribution in [-0.2, 0) is 6.54 Å². The van der Waals surface area contributed by atoms with E-state index in [9.17, 15) is 18.4 Å². The second-order valence-electron chi connectivity index (χ2n) is 7.71. The third kappa shape index (κ3) is 3.49. The van der Waals surface area contributed by atoms with Crippen LogP contribution >= 0.6 is 0 Å². The molecule has 0 spiro atoms. The van der Waals surface area contributed by atoms with Crippen LogP contribution in [0.1, 0.15) is 35.1 Å². The molecule has 1 atom stereocenters. The quantitative estimate of drug-likeness (QED) is 0.490. The summed E-state index contributed by atoms with van der Waals surface area (Å²) in [5.74, 6) is -0.0634. The first-order chi connectivity index (χ1) is 15.5. The number of hydrogen-bond acceptors (Lipinski definition) is 5. The average molecular weight is 435 g/mol. The van der Waals surface area contributed by atoms with Gasteiger partial charge >= 0.3 is 0 Å². The Morgan fingerprint density at radius 3 is 2.66 bits per heavy atom. The minimum Gasteiger partial charge on any atom is -0.328 e. The van der Waals surface area contributed by atoms with Crippen LogP contribution in [0, 0.1) is 0 Å². The second-order valence-corrected chi connectivity index (χ2v) is 7.71. The molecule has 1 fully saturated rings. The summed E-state index contributed by atoms with van der Waals surface area (Å²) in [6.07, 6.45) is 1.62. The molecule has 1 amide bonds. The standard InChI is InChI=1S/C23H19F2N5O2/c24-20(25)13-30-21(28-16-5-2-1-4-15(16)23(30)32)19-6-3-11-29(19)22(31)14-7-8-17-18(12-14)27-10-9-26-17/h1-2,4-5,7-10,12,19-20H,3,6,11,13H2. The van der Waals surface area contributed by atoms with Gasteiger partial charge < -0.3 is 4.90 Å². The smallest absolute Gasteiger partial charge is 0.261 e. The zero-order valence-electron chi connectivity index (χ0n) is 17.0. The molecule has 162 valence electrons. The molecular formula is C23H19F2N5O2. The Labute approximate surface area is 181 Å². The number of carbonyl (C=O) groups excluding carboxylic acids is 1. The number of halogens is 2. The normalized spacial score (nSPS) is 16.3. The molecule has 1 aliphatic heterocycles. The van der Waals surface area contributed by atoms with E-state index in [1.807, 2.05) is 0 Å². The largest absolute Gasteiger partial charge is 0.328 e. The highest BCUT2D eigenvalue weighted by Gasteiger charge is 2.34. The van der Waals surface area contributed by atoms with Gasteiger partial charge in [0.15, 0.2) is 0 Å². The van der Waals surface area contributed by atoms with E-state index in [0.717, 1.165) is 4.57 Å². The average Bonchev–Trinajstić information content (AvgIpc) is 3.29. The molecule has 1 unspecified atom stereocenters. The first-order valence-electron chi connectivity index (χ1n) is 10.3. The van der Waals surface area contributed by atoms with Crippen LogP contribution in [0.25, 0.3) is 21.9 Å². The summed E-state index contributed by atoms with van der Waals surface area (Å²) in [4.78, 5) is 41.0. The van der Waals surface area contributed by atoms with E-state index in [4.69, 9.17) is 0 Å². The molecule has 4 aromatic rings. The fraction of sp³-hybridized carbons (Fsp3) is 0.261. The predicted octanol–water partition coefficient (Wildman–Crippen LogP) is 3.58. The van der Waals surface area contributed by atoms with Crippen molar-refractivity contribution >= 4 is 27.8 Å². The summed E-state index contributed by atoms with van der Waals surface area (Å²) in [7, 11) is 0. The summed E-state index contributed by atoms with van der Waals surface area (Å²) in [5, 5.41) is 0.279. The number of para-hydroxylation sites is 1. The lowest BCUT2D eigenvalue weighted by atomic mass is 10.1. The Morgan fingerprint density at radius 1 is 1.06 bits per heavy atom. The second kappa shape index (κ2) is 8.07. The third-order valence-corrected chi connectivity index (χ3v) is 5.74. The fourth-order valence-corrected chi connectivity index (χ4v) is 4.29. The van der Waals surface area contributed by atoms with Gasteiger partial charge in [0.1, 0.15) is 5.82 Å². The van der Waals surface area contributed by atoms with Crippen molar-refractivity contribution in [3.8, 4) is 0 Å². The van der Waals surface area contributed by atoms with E-state index >= 15 is 0 Å². The first kappa shape index (κ1) is 20.2. The van der Waals surface area contributed by atoms with Gasteiger partial charge in [-0.05, 0) is 43.2 Å². The van der Waals surface area contributed by atoms with E-state index in [0.29, 0.717) is 41.5 Å². The molecule has 7 nitrogen and oxygen atoms in total. The van der Waals surface area contributed by atoms with E-state index in [1.165, 1.54) is 0 Å². The van der Waals surface area contributed by atoms with Crippen LogP contribution in [0.3, 0.4) is 0 Å². The van der Waals surface area contributed by atoms with Crippen molar-refractivity contribution < 1.29 is 13.6 Å². The molecule has 0 N–H and O–H groups in total. The number of benzene rings is 2. The Balaban J connectivity index is 1.59. The minimum atomic E-state index is -2.72. The van der Waals surface area contributed by atoms with E-state index in [1.54, 1.807) is 59.8 Å². The molecule has 2 aromatic carbocycles. The molecule has 1 saturated heterocycles. The molecular weight excluding hydrogens is 416 g/mol. The van der Waals surface area contributed by atoms with Crippen LogP contribution in [-0.4, -0.2) is 43.3 Å². The van der Waals surface area contributed by atoms with E-state index in [2.05, 4.69) is 15.0 Å². The molecule has 32 heavy (non-hydrogen) atoms. The van der Waals surface area contributed by atoms with Gasteiger partial charge in [-0.3, -0.25) is 24.1 Å². The molecule has 0 bridgehead atoms. The number of rotatable bonds is 4. The molecule has 2 aromatic heterocycles. The fourth-order valence-electron chi connectivity index (χ4n) is 4.29. The maximum Gasteiger partial charge on any atom is 0.261 e. The summed E-state index contributed by atoms with van der Waals surface area (Å²) in [6.45, 7) is -0.324. The lowest BCUT2D eigenvalue weighted by Crippen LogP contribution is -2.36. The van der Waals surface area contributed by atoms with Gasteiger partial charge in [0, 0.05) is 24.5 Å². The molecule has 0 aliphatic carbocycles. The molecule has 5 rings (SSSR count). The van der Waals surface area contributed by atoms with Gasteiger partial charge in [0.2, 0.25) is 0 Å². The molecule has 0 saturated carbocycles. The maximum absolute atomic E-state index is 13.4. The number of likely N-dealkylation sites (tertiary alicyclic amines) is 1. The van der Waals surface area contributed by atoms with E-state index < -0.39 is 24.6 Å². The minimum absolute atomic E-state index is 0.195. The van der Waals surface area contributed by atoms with E-state index in [-0.39, 0.29) is 17.1 Å². The van der Waals surface area contributed by atoms with Gasteiger partial charge in [0.25, 0.3) is 17.9 Å². The monoisotopic (exact) mass is 435 g/mol. The van der Waals surface area contributed by atoms with Crippen molar-refractivity contribution in [3.05, 3.63) is 76.6 Å². The molecule has 1 aliphatic rings. The van der Waals surface area contributed by atoms with Gasteiger partial charge in [-0.1, -0.05) is 12.1 Å². The molecule has 3 heterocycles. The maximum atomic E-state index is 13.4. The number of nitrogens with zero attached hydrogens (tertiary/aromatic N) is 5. The Morgan fingerprint density at radius 2 is 1.84 bits per heavy atom. The van der Waals surface area contributed by atoms with Crippen molar-refractivity contribution in [3.63, 3.8) is 0 Å². The van der Waals surface area contributed by atoms with Crippen LogP contribution in [0.15, 0.2) is 59.7 Å². The van der Waals surface area contributed by atoms with Gasteiger partial charge in [-0.2, -0.15) is 0 Å². The topological polar surface area (TPSA) is 81.0 Å². The first-order valence-corrected chi connectivity index (χ1v) is 10.3. The summed E-state index contributed by atoms with van der Waals surface area (Å²) >= 11 is 0. The van der Waals surface area contributed by atoms with Crippen molar-refractivity contribution in [1.29, 1.82) is 0 Å². The SMILES string of the molecule is O=C(c1ccc2nccnc2c1)N1CCCC1c1nc2ccccc2c(=O)n1CC(F)F. The zero-order chi connectivity index (χ0) is 22.2. The van der Waals surface area contributed by atoms with Crippen LogP contribution in [0.5, 0.6) is 0 Å². The van der Waals surface area contributed by atoms with Crippen molar-refractivity contribution in [2.75, 3.05) is 6.54 Å². The Kier molecular flexibility index (Phi) is 5.08. The third-order valence-electron chi connectivity index (χ3n) is 5.74. The number of hydrogen-bond donors (Lipinski definition) is 0. The summed E-state index contributed by atoms with van der Waals surface area (Å²) < 4.78 is 27.7. The molecule has 0 radical (unpaired) electrons. The highest BCUT2D eigenvalue weighted by Crippen LogP contribution is 2.33. The van der Waals surface area contributed by atoms with Crippen LogP contribution in [0.2, 0.25) is 0 Å². The Hall–Kier alpha value is -3.75. The Bertz CT molecular complexity index is 1390. The van der Waals surface area contributed by atoms with Crippen molar-refractivity contribution in [2.24, 2.45) is 0 Å². The highest BCUT2D eigenvalue weighted by molar-refractivity contribution is 5.97. The zero-order valence-corrected chi connectivity index (χ0v) is 17.0. The number of alkyl halides is 2. The van der Waals surface area contributed by atoms with Crippen molar-refractivity contribution in [2.45, 2.75) is 31.9 Å². The van der Waals surface area contributed by atoms with Gasteiger partial charge in [-0.15, -0.1) is 0 Å². The molecule has 9 heteroatoms. The van der Waals surface area contributed by atoms with Gasteiger partial charge in [-0.25, -0.2) is 13.8 Å². The number of carbonyl (C=O) groups is 1. The number of fused-ring (bicyclic) bond motifs is 2. The predicted molar refractivity (Wildman–Crippen MR) is 115 cm³/mol. The van der Waals surface area contributed by atoms with Gasteiger partial charge in [0.05, 0.1) is 34.5 Å². The van der Waals surface area contributed by atoms with Crippen molar-refractivity contribution in [1.82, 2.24) is 24.4 Å².